The van der Waals surface area contributed by atoms with Crippen LogP contribution in [-0.4, -0.2) is 18.8 Å². The number of halogens is 3. The SMILES string of the molecule is C/C=C/C=C/C(=O)OCC(F)(F)F. The van der Waals surface area contributed by atoms with E-state index < -0.39 is 18.8 Å². The molecule has 0 aliphatic carbocycles. The van der Waals surface area contributed by atoms with Crippen LogP contribution in [0.5, 0.6) is 0 Å². The van der Waals surface area contributed by atoms with Crippen molar-refractivity contribution in [3.8, 4) is 0 Å². The minimum Gasteiger partial charge on any atom is -0.453 e. The summed E-state index contributed by atoms with van der Waals surface area (Å²) in [4.78, 5) is 10.5. The third-order valence-corrected chi connectivity index (χ3v) is 0.914. The largest absolute Gasteiger partial charge is 0.453 e. The smallest absolute Gasteiger partial charge is 0.422 e. The van der Waals surface area contributed by atoms with Crippen molar-refractivity contribution >= 4 is 5.97 Å². The molecule has 0 aromatic heterocycles. The van der Waals surface area contributed by atoms with Crippen molar-refractivity contribution in [3.63, 3.8) is 0 Å². The Morgan fingerprint density at radius 1 is 1.38 bits per heavy atom. The molecule has 0 N–H and O–H groups in total. The van der Waals surface area contributed by atoms with Gasteiger partial charge in [0.15, 0.2) is 6.61 Å². The van der Waals surface area contributed by atoms with Crippen LogP contribution in [0.1, 0.15) is 6.92 Å². The van der Waals surface area contributed by atoms with Crippen molar-refractivity contribution in [2.45, 2.75) is 13.1 Å². The fourth-order valence-corrected chi connectivity index (χ4v) is 0.446. The minimum atomic E-state index is -4.47. The Morgan fingerprint density at radius 2 is 2.00 bits per heavy atom. The summed E-state index contributed by atoms with van der Waals surface area (Å²) >= 11 is 0. The summed E-state index contributed by atoms with van der Waals surface area (Å²) in [5.74, 6) is -1.00. The van der Waals surface area contributed by atoms with Crippen molar-refractivity contribution in [2.24, 2.45) is 0 Å². The van der Waals surface area contributed by atoms with E-state index in [1.54, 1.807) is 13.0 Å². The summed E-state index contributed by atoms with van der Waals surface area (Å²) in [5.41, 5.74) is 0. The van der Waals surface area contributed by atoms with E-state index in [1.165, 1.54) is 12.2 Å². The number of allylic oxidation sites excluding steroid dienone is 3. The number of hydrogen-bond donors (Lipinski definition) is 0. The zero-order valence-corrected chi connectivity index (χ0v) is 6.97. The summed E-state index contributed by atoms with van der Waals surface area (Å²) in [7, 11) is 0. The number of carbonyl (C=O) groups is 1. The van der Waals surface area contributed by atoms with Gasteiger partial charge in [-0.25, -0.2) is 4.79 Å². The molecule has 0 saturated carbocycles. The van der Waals surface area contributed by atoms with Gasteiger partial charge in [0.05, 0.1) is 0 Å². The molecular weight excluding hydrogens is 185 g/mol. The number of ether oxygens (including phenoxy) is 1. The van der Waals surface area contributed by atoms with Crippen molar-refractivity contribution in [1.29, 1.82) is 0 Å². The van der Waals surface area contributed by atoms with Crippen LogP contribution in [0.15, 0.2) is 24.3 Å². The molecule has 0 fully saturated rings. The van der Waals surface area contributed by atoms with Gasteiger partial charge < -0.3 is 4.74 Å². The van der Waals surface area contributed by atoms with Crippen molar-refractivity contribution in [1.82, 2.24) is 0 Å². The second-order valence-electron chi connectivity index (χ2n) is 2.11. The lowest BCUT2D eigenvalue weighted by atomic mass is 10.4. The van der Waals surface area contributed by atoms with Crippen LogP contribution in [0, 0.1) is 0 Å². The van der Waals surface area contributed by atoms with Gasteiger partial charge in [-0.3, -0.25) is 0 Å². The molecule has 0 aliphatic heterocycles. The van der Waals surface area contributed by atoms with E-state index in [2.05, 4.69) is 4.74 Å². The van der Waals surface area contributed by atoms with Crippen molar-refractivity contribution < 1.29 is 22.7 Å². The Hall–Kier alpha value is -1.26. The number of alkyl halides is 3. The maximum atomic E-state index is 11.5. The van der Waals surface area contributed by atoms with Crippen LogP contribution >= 0.6 is 0 Å². The molecule has 2 nitrogen and oxygen atoms in total. The first-order chi connectivity index (χ1) is 5.95. The number of rotatable bonds is 3. The first-order valence-corrected chi connectivity index (χ1v) is 3.48. The Bertz CT molecular complexity index is 216. The van der Waals surface area contributed by atoms with E-state index in [-0.39, 0.29) is 0 Å². The second kappa shape index (κ2) is 5.40. The topological polar surface area (TPSA) is 26.3 Å². The highest BCUT2D eigenvalue weighted by atomic mass is 19.4. The van der Waals surface area contributed by atoms with Crippen molar-refractivity contribution in [2.75, 3.05) is 6.61 Å². The molecule has 0 radical (unpaired) electrons. The highest BCUT2D eigenvalue weighted by Crippen LogP contribution is 2.14. The van der Waals surface area contributed by atoms with Gasteiger partial charge in [0, 0.05) is 6.08 Å². The van der Waals surface area contributed by atoms with E-state index in [9.17, 15) is 18.0 Å². The van der Waals surface area contributed by atoms with E-state index >= 15 is 0 Å². The lowest BCUT2D eigenvalue weighted by molar-refractivity contribution is -0.182. The van der Waals surface area contributed by atoms with Crippen molar-refractivity contribution in [3.05, 3.63) is 24.3 Å². The van der Waals surface area contributed by atoms with Crippen LogP contribution in [-0.2, 0) is 9.53 Å². The van der Waals surface area contributed by atoms with Gasteiger partial charge in [0.2, 0.25) is 0 Å². The van der Waals surface area contributed by atoms with Gasteiger partial charge in [-0.2, -0.15) is 13.2 Å². The van der Waals surface area contributed by atoms with Gasteiger partial charge in [-0.15, -0.1) is 0 Å². The van der Waals surface area contributed by atoms with Gasteiger partial charge in [-0.05, 0) is 6.92 Å². The molecule has 0 spiro atoms. The molecule has 0 bridgehead atoms. The molecule has 0 amide bonds. The van der Waals surface area contributed by atoms with Gasteiger partial charge >= 0.3 is 12.1 Å². The van der Waals surface area contributed by atoms with Crippen LogP contribution < -0.4 is 0 Å². The van der Waals surface area contributed by atoms with Gasteiger partial charge in [0.25, 0.3) is 0 Å². The maximum Gasteiger partial charge on any atom is 0.422 e. The first-order valence-electron chi connectivity index (χ1n) is 3.48. The molecule has 0 aliphatic rings. The van der Waals surface area contributed by atoms with E-state index in [0.717, 1.165) is 6.08 Å². The zero-order chi connectivity index (χ0) is 10.3. The van der Waals surface area contributed by atoms with Crippen LogP contribution in [0.2, 0.25) is 0 Å². The third kappa shape index (κ3) is 8.65. The number of carbonyl (C=O) groups excluding carboxylic acids is 1. The average Bonchev–Trinajstić information content (AvgIpc) is 2.00. The molecule has 0 unspecified atom stereocenters. The Balaban J connectivity index is 3.76. The molecule has 0 heterocycles. The fourth-order valence-electron chi connectivity index (χ4n) is 0.446. The molecule has 74 valence electrons. The molecule has 0 atom stereocenters. The first kappa shape index (κ1) is 11.7. The standard InChI is InChI=1S/C8H9F3O2/c1-2-3-4-5-7(12)13-6-8(9,10)11/h2-5H,6H2,1H3/b3-2+,5-4+. The Labute approximate surface area is 73.7 Å². The summed E-state index contributed by atoms with van der Waals surface area (Å²) in [6.45, 7) is 0.164. The molecule has 13 heavy (non-hydrogen) atoms. The second-order valence-corrected chi connectivity index (χ2v) is 2.11. The highest BCUT2D eigenvalue weighted by Gasteiger charge is 2.28. The summed E-state index contributed by atoms with van der Waals surface area (Å²) in [6, 6.07) is 0. The molecule has 0 aromatic rings. The highest BCUT2D eigenvalue weighted by molar-refractivity contribution is 5.82. The summed E-state index contributed by atoms with van der Waals surface area (Å²) < 4.78 is 38.3. The predicted octanol–water partition coefficient (Wildman–Crippen LogP) is 2.22. The lowest BCUT2D eigenvalue weighted by Gasteiger charge is -2.04. The summed E-state index contributed by atoms with van der Waals surface area (Å²) in [6.07, 6.45) is 0.900. The lowest BCUT2D eigenvalue weighted by Crippen LogP contribution is -2.19. The molecule has 0 saturated heterocycles. The van der Waals surface area contributed by atoms with Crippen LogP contribution in [0.4, 0.5) is 13.2 Å². The van der Waals surface area contributed by atoms with Gasteiger partial charge in [0.1, 0.15) is 0 Å². The number of esters is 1. The van der Waals surface area contributed by atoms with E-state index in [1.807, 2.05) is 0 Å². The quantitative estimate of drug-likeness (QED) is 0.391. The predicted molar refractivity (Wildman–Crippen MR) is 41.0 cm³/mol. The average molecular weight is 194 g/mol. The molecule has 0 aromatic carbocycles. The number of hydrogen-bond acceptors (Lipinski definition) is 2. The monoisotopic (exact) mass is 194 g/mol. The maximum absolute atomic E-state index is 11.5. The zero-order valence-electron chi connectivity index (χ0n) is 6.97. The van der Waals surface area contributed by atoms with E-state index in [0.29, 0.717) is 0 Å². The molecule has 0 rings (SSSR count). The Kier molecular flexibility index (Phi) is 4.87. The van der Waals surface area contributed by atoms with Crippen LogP contribution in [0.25, 0.3) is 0 Å². The fraction of sp³-hybridized carbons (Fsp3) is 0.375. The normalized spacial score (nSPS) is 12.6. The third-order valence-electron chi connectivity index (χ3n) is 0.914. The summed E-state index contributed by atoms with van der Waals surface area (Å²) in [5, 5.41) is 0. The molecular formula is C8H9F3O2. The van der Waals surface area contributed by atoms with Crippen LogP contribution in [0.3, 0.4) is 0 Å². The Morgan fingerprint density at radius 3 is 2.46 bits per heavy atom. The molecule has 5 heteroatoms. The minimum absolute atomic E-state index is 0.922. The van der Waals surface area contributed by atoms with Gasteiger partial charge in [-0.1, -0.05) is 18.2 Å². The van der Waals surface area contributed by atoms with E-state index in [4.69, 9.17) is 0 Å².